The van der Waals surface area contributed by atoms with Gasteiger partial charge in [-0.05, 0) is 38.3 Å². The van der Waals surface area contributed by atoms with Crippen molar-refractivity contribution < 1.29 is 24.2 Å². The standard InChI is InChI=1S/C17H27NO4/c1-13-7-4-5-10-18(13)11-14(19)12-22-17-15(20-2)8-6-9-16(17)21-3/h6,8-9,13-14,19H,4-5,7,10-12H2,1-3H3/p+1. The summed E-state index contributed by atoms with van der Waals surface area (Å²) in [5.41, 5.74) is 0. The highest BCUT2D eigenvalue weighted by Crippen LogP contribution is 2.36. The fourth-order valence-electron chi connectivity index (χ4n) is 3.06. The van der Waals surface area contributed by atoms with Crippen LogP contribution in [0.5, 0.6) is 17.2 Å². The molecule has 1 aliphatic heterocycles. The number of hydrogen-bond acceptors (Lipinski definition) is 4. The second kappa shape index (κ2) is 8.25. The smallest absolute Gasteiger partial charge is 0.203 e. The minimum absolute atomic E-state index is 0.243. The Morgan fingerprint density at radius 1 is 1.23 bits per heavy atom. The van der Waals surface area contributed by atoms with E-state index in [2.05, 4.69) is 6.92 Å². The fourth-order valence-corrected chi connectivity index (χ4v) is 3.06. The molecule has 0 radical (unpaired) electrons. The lowest BCUT2D eigenvalue weighted by Gasteiger charge is -2.31. The molecule has 0 aliphatic carbocycles. The fraction of sp³-hybridized carbons (Fsp3) is 0.647. The van der Waals surface area contributed by atoms with E-state index in [0.29, 0.717) is 23.3 Å². The molecule has 0 saturated carbocycles. The van der Waals surface area contributed by atoms with Crippen molar-refractivity contribution in [2.75, 3.05) is 33.9 Å². The van der Waals surface area contributed by atoms with Gasteiger partial charge in [-0.3, -0.25) is 0 Å². The Labute approximate surface area is 132 Å². The Hall–Kier alpha value is -1.46. The third-order valence-corrected chi connectivity index (χ3v) is 4.38. The molecule has 0 spiro atoms. The molecule has 1 saturated heterocycles. The van der Waals surface area contributed by atoms with Crippen molar-refractivity contribution in [1.82, 2.24) is 0 Å². The van der Waals surface area contributed by atoms with Crippen LogP contribution < -0.4 is 19.1 Å². The van der Waals surface area contributed by atoms with Crippen LogP contribution in [0.3, 0.4) is 0 Å². The number of para-hydroxylation sites is 1. The summed E-state index contributed by atoms with van der Waals surface area (Å²) in [6, 6.07) is 6.11. The van der Waals surface area contributed by atoms with E-state index in [1.807, 2.05) is 18.2 Å². The number of rotatable bonds is 7. The van der Waals surface area contributed by atoms with Gasteiger partial charge < -0.3 is 24.2 Å². The lowest BCUT2D eigenvalue weighted by molar-refractivity contribution is -0.931. The monoisotopic (exact) mass is 310 g/mol. The third-order valence-electron chi connectivity index (χ3n) is 4.38. The van der Waals surface area contributed by atoms with Crippen LogP contribution in [0.25, 0.3) is 0 Å². The summed E-state index contributed by atoms with van der Waals surface area (Å²) >= 11 is 0. The quantitative estimate of drug-likeness (QED) is 0.786. The van der Waals surface area contributed by atoms with Gasteiger partial charge in [0, 0.05) is 0 Å². The average molecular weight is 310 g/mol. The molecule has 0 bridgehead atoms. The van der Waals surface area contributed by atoms with Crippen molar-refractivity contribution in [3.63, 3.8) is 0 Å². The molecular weight excluding hydrogens is 282 g/mol. The first kappa shape index (κ1) is 16.9. The summed E-state index contributed by atoms with van der Waals surface area (Å²) in [7, 11) is 3.19. The van der Waals surface area contributed by atoms with Gasteiger partial charge in [0.05, 0.1) is 26.8 Å². The number of likely N-dealkylation sites (tertiary alicyclic amines) is 1. The molecule has 1 fully saturated rings. The molecule has 5 heteroatoms. The Kier molecular flexibility index (Phi) is 6.34. The zero-order chi connectivity index (χ0) is 15.9. The van der Waals surface area contributed by atoms with E-state index >= 15 is 0 Å². The maximum absolute atomic E-state index is 10.3. The molecule has 3 atom stereocenters. The van der Waals surface area contributed by atoms with Gasteiger partial charge in [-0.15, -0.1) is 0 Å². The van der Waals surface area contributed by atoms with Crippen molar-refractivity contribution in [3.05, 3.63) is 18.2 Å². The highest BCUT2D eigenvalue weighted by molar-refractivity contribution is 5.51. The van der Waals surface area contributed by atoms with Crippen LogP contribution in [0.15, 0.2) is 18.2 Å². The van der Waals surface area contributed by atoms with Gasteiger partial charge in [0.2, 0.25) is 5.75 Å². The number of piperidine rings is 1. The van der Waals surface area contributed by atoms with E-state index < -0.39 is 6.10 Å². The SMILES string of the molecule is COc1cccc(OC)c1OCC(O)C[NH+]1CCCCC1C. The number of methoxy groups -OCH3 is 2. The molecule has 3 unspecified atom stereocenters. The van der Waals surface area contributed by atoms with Crippen LogP contribution in [0.4, 0.5) is 0 Å². The predicted molar refractivity (Wildman–Crippen MR) is 85.1 cm³/mol. The molecule has 22 heavy (non-hydrogen) atoms. The molecule has 124 valence electrons. The number of quaternary nitrogens is 1. The maximum Gasteiger partial charge on any atom is 0.203 e. The molecule has 0 aromatic heterocycles. The summed E-state index contributed by atoms with van der Waals surface area (Å²) < 4.78 is 16.4. The van der Waals surface area contributed by atoms with E-state index in [-0.39, 0.29) is 6.61 Å². The zero-order valence-corrected chi connectivity index (χ0v) is 13.8. The third kappa shape index (κ3) is 4.27. The lowest BCUT2D eigenvalue weighted by Crippen LogP contribution is -3.17. The molecular formula is C17H28NO4+. The van der Waals surface area contributed by atoms with Crippen LogP contribution in [0.2, 0.25) is 0 Å². The summed E-state index contributed by atoms with van der Waals surface area (Å²) in [6.07, 6.45) is 3.29. The molecule has 1 aromatic rings. The van der Waals surface area contributed by atoms with Crippen molar-refractivity contribution in [1.29, 1.82) is 0 Å². The maximum atomic E-state index is 10.3. The first-order chi connectivity index (χ1) is 10.7. The van der Waals surface area contributed by atoms with E-state index in [0.717, 1.165) is 13.1 Å². The minimum atomic E-state index is -0.495. The molecule has 0 amide bonds. The van der Waals surface area contributed by atoms with Gasteiger partial charge in [-0.1, -0.05) is 6.07 Å². The largest absolute Gasteiger partial charge is 0.493 e. The number of aliphatic hydroxyl groups excluding tert-OH is 1. The summed E-state index contributed by atoms with van der Waals surface area (Å²) in [5.74, 6) is 1.78. The first-order valence-corrected chi connectivity index (χ1v) is 8.02. The molecule has 1 aliphatic rings. The number of aliphatic hydroxyl groups is 1. The van der Waals surface area contributed by atoms with Gasteiger partial charge in [-0.25, -0.2) is 0 Å². The normalized spacial score (nSPS) is 22.9. The number of hydrogen-bond donors (Lipinski definition) is 2. The average Bonchev–Trinajstić information content (AvgIpc) is 2.54. The van der Waals surface area contributed by atoms with Crippen LogP contribution in [-0.4, -0.2) is 51.2 Å². The van der Waals surface area contributed by atoms with E-state index in [4.69, 9.17) is 14.2 Å². The lowest BCUT2D eigenvalue weighted by atomic mass is 10.0. The van der Waals surface area contributed by atoms with Crippen LogP contribution >= 0.6 is 0 Å². The van der Waals surface area contributed by atoms with Gasteiger partial charge in [0.25, 0.3) is 0 Å². The van der Waals surface area contributed by atoms with Gasteiger partial charge in [0.15, 0.2) is 11.5 Å². The number of benzene rings is 1. The molecule has 2 rings (SSSR count). The molecule has 1 heterocycles. The Morgan fingerprint density at radius 2 is 1.91 bits per heavy atom. The summed E-state index contributed by atoms with van der Waals surface area (Å²) in [6.45, 7) is 4.35. The topological polar surface area (TPSA) is 52.4 Å². The van der Waals surface area contributed by atoms with E-state index in [1.54, 1.807) is 14.2 Å². The van der Waals surface area contributed by atoms with Crippen molar-refractivity contribution in [3.8, 4) is 17.2 Å². The Bertz CT molecular complexity index is 444. The van der Waals surface area contributed by atoms with Crippen LogP contribution in [0, 0.1) is 0 Å². The second-order valence-corrected chi connectivity index (χ2v) is 5.97. The Balaban J connectivity index is 1.92. The van der Waals surface area contributed by atoms with Crippen molar-refractivity contribution in [2.24, 2.45) is 0 Å². The second-order valence-electron chi connectivity index (χ2n) is 5.97. The molecule has 1 aromatic carbocycles. The van der Waals surface area contributed by atoms with Crippen molar-refractivity contribution in [2.45, 2.75) is 38.3 Å². The molecule has 2 N–H and O–H groups in total. The Morgan fingerprint density at radius 3 is 2.50 bits per heavy atom. The summed E-state index contributed by atoms with van der Waals surface area (Å²) in [4.78, 5) is 1.47. The highest BCUT2D eigenvalue weighted by atomic mass is 16.5. The predicted octanol–water partition coefficient (Wildman–Crippen LogP) is 0.901. The number of ether oxygens (including phenoxy) is 3. The summed E-state index contributed by atoms with van der Waals surface area (Å²) in [5, 5.41) is 10.3. The van der Waals surface area contributed by atoms with Crippen LogP contribution in [-0.2, 0) is 0 Å². The number of nitrogens with one attached hydrogen (secondary N) is 1. The van der Waals surface area contributed by atoms with E-state index in [9.17, 15) is 5.11 Å². The van der Waals surface area contributed by atoms with Gasteiger partial charge in [-0.2, -0.15) is 0 Å². The van der Waals surface area contributed by atoms with Crippen molar-refractivity contribution >= 4 is 0 Å². The zero-order valence-electron chi connectivity index (χ0n) is 13.8. The van der Waals surface area contributed by atoms with Gasteiger partial charge in [0.1, 0.15) is 19.3 Å². The van der Waals surface area contributed by atoms with Crippen LogP contribution in [0.1, 0.15) is 26.2 Å². The minimum Gasteiger partial charge on any atom is -0.493 e. The van der Waals surface area contributed by atoms with Gasteiger partial charge >= 0.3 is 0 Å². The van der Waals surface area contributed by atoms with E-state index in [1.165, 1.54) is 24.2 Å². The highest BCUT2D eigenvalue weighted by Gasteiger charge is 2.25. The first-order valence-electron chi connectivity index (χ1n) is 8.02. The molecule has 5 nitrogen and oxygen atoms in total.